The van der Waals surface area contributed by atoms with Gasteiger partial charge in [0.2, 0.25) is 0 Å². The van der Waals surface area contributed by atoms with E-state index >= 15 is 0 Å². The number of carbonyl (C=O) groups is 2. The van der Waals surface area contributed by atoms with Crippen molar-refractivity contribution >= 4 is 11.6 Å². The fourth-order valence-corrected chi connectivity index (χ4v) is 4.62. The molecule has 1 unspecified atom stereocenters. The van der Waals surface area contributed by atoms with Crippen molar-refractivity contribution in [3.63, 3.8) is 0 Å². The summed E-state index contributed by atoms with van der Waals surface area (Å²) in [5.41, 5.74) is -1.25. The average Bonchev–Trinajstić information content (AvgIpc) is 2.75. The van der Waals surface area contributed by atoms with Crippen molar-refractivity contribution < 1.29 is 44.6 Å². The Balaban J connectivity index is 2.35. The Labute approximate surface area is 209 Å². The molecule has 0 saturated heterocycles. The molecule has 196 valence electrons. The summed E-state index contributed by atoms with van der Waals surface area (Å²) in [5, 5.41) is 54.5. The molecule has 3 rings (SSSR count). The van der Waals surface area contributed by atoms with E-state index in [1.165, 1.54) is 21.0 Å². The molecule has 9 heteroatoms. The van der Waals surface area contributed by atoms with E-state index in [-0.39, 0.29) is 70.1 Å². The normalized spacial score (nSPS) is 16.4. The molecular formula is C27H34O9. The molecular weight excluding hydrogens is 468 g/mol. The third-order valence-corrected chi connectivity index (χ3v) is 6.67. The number of carbonyl (C=O) groups excluding carboxylic acids is 2. The molecule has 0 amide bonds. The SMILES string of the molecule is COc1c(C)c(O)c(C(C)=O)c(O)c1Cc1c(O)c2c(c(C(=O)CC(C)C)c1O)OC(C)(C)C(O)C2. The van der Waals surface area contributed by atoms with Gasteiger partial charge < -0.3 is 35.0 Å². The van der Waals surface area contributed by atoms with E-state index < -0.39 is 46.3 Å². The number of phenols is 4. The summed E-state index contributed by atoms with van der Waals surface area (Å²) in [7, 11) is 1.31. The molecule has 1 aliphatic rings. The van der Waals surface area contributed by atoms with Crippen LogP contribution in [0, 0.1) is 12.8 Å². The van der Waals surface area contributed by atoms with Crippen LogP contribution in [0.15, 0.2) is 0 Å². The van der Waals surface area contributed by atoms with E-state index in [1.54, 1.807) is 13.8 Å². The van der Waals surface area contributed by atoms with Crippen molar-refractivity contribution in [1.29, 1.82) is 0 Å². The lowest BCUT2D eigenvalue weighted by Crippen LogP contribution is -2.46. The summed E-state index contributed by atoms with van der Waals surface area (Å²) >= 11 is 0. The monoisotopic (exact) mass is 502 g/mol. The molecule has 0 spiro atoms. The number of ketones is 2. The lowest BCUT2D eigenvalue weighted by Gasteiger charge is -2.38. The van der Waals surface area contributed by atoms with Crippen LogP contribution in [0.3, 0.4) is 0 Å². The molecule has 36 heavy (non-hydrogen) atoms. The van der Waals surface area contributed by atoms with Crippen LogP contribution in [0.5, 0.6) is 34.5 Å². The molecule has 2 aromatic carbocycles. The highest BCUT2D eigenvalue weighted by molar-refractivity contribution is 6.03. The second-order valence-electron chi connectivity index (χ2n) is 10.2. The van der Waals surface area contributed by atoms with Gasteiger partial charge in [0.15, 0.2) is 11.6 Å². The molecule has 1 heterocycles. The average molecular weight is 503 g/mol. The maximum absolute atomic E-state index is 13.3. The van der Waals surface area contributed by atoms with Gasteiger partial charge in [0.25, 0.3) is 0 Å². The first-order valence-corrected chi connectivity index (χ1v) is 11.8. The first-order valence-electron chi connectivity index (χ1n) is 11.8. The minimum Gasteiger partial charge on any atom is -0.507 e. The highest BCUT2D eigenvalue weighted by atomic mass is 16.5. The molecule has 9 nitrogen and oxygen atoms in total. The summed E-state index contributed by atoms with van der Waals surface area (Å²) < 4.78 is 11.3. The molecule has 0 aliphatic carbocycles. The number of Topliss-reactive ketones (excluding diaryl/α,β-unsaturated/α-hetero) is 2. The van der Waals surface area contributed by atoms with Crippen LogP contribution in [-0.2, 0) is 12.8 Å². The third kappa shape index (κ3) is 4.43. The van der Waals surface area contributed by atoms with Crippen LogP contribution >= 0.6 is 0 Å². The van der Waals surface area contributed by atoms with Crippen molar-refractivity contribution in [2.75, 3.05) is 7.11 Å². The zero-order valence-corrected chi connectivity index (χ0v) is 21.6. The third-order valence-electron chi connectivity index (χ3n) is 6.67. The summed E-state index contributed by atoms with van der Waals surface area (Å²) in [5.74, 6) is -2.91. The number of hydrogen-bond acceptors (Lipinski definition) is 9. The fourth-order valence-electron chi connectivity index (χ4n) is 4.62. The Morgan fingerprint density at radius 2 is 1.61 bits per heavy atom. The molecule has 0 saturated carbocycles. The quantitative estimate of drug-likeness (QED) is 0.354. The van der Waals surface area contributed by atoms with Crippen LogP contribution < -0.4 is 9.47 Å². The Kier molecular flexibility index (Phi) is 7.19. The lowest BCUT2D eigenvalue weighted by atomic mass is 9.84. The van der Waals surface area contributed by atoms with Crippen molar-refractivity contribution in [3.05, 3.63) is 33.4 Å². The van der Waals surface area contributed by atoms with Gasteiger partial charge in [-0.15, -0.1) is 0 Å². The van der Waals surface area contributed by atoms with E-state index in [2.05, 4.69) is 0 Å². The Morgan fingerprint density at radius 3 is 2.14 bits per heavy atom. The summed E-state index contributed by atoms with van der Waals surface area (Å²) in [4.78, 5) is 25.4. The van der Waals surface area contributed by atoms with Gasteiger partial charge in [-0.25, -0.2) is 0 Å². The summed E-state index contributed by atoms with van der Waals surface area (Å²) in [6.45, 7) is 9.67. The minimum absolute atomic E-state index is 0.0113. The number of aliphatic hydroxyl groups excluding tert-OH is 1. The number of phenolic OH excluding ortho intramolecular Hbond substituents is 4. The zero-order chi connectivity index (χ0) is 27.3. The van der Waals surface area contributed by atoms with E-state index in [4.69, 9.17) is 9.47 Å². The van der Waals surface area contributed by atoms with Crippen LogP contribution in [-0.4, -0.2) is 55.9 Å². The van der Waals surface area contributed by atoms with E-state index in [0.717, 1.165) is 0 Å². The first kappa shape index (κ1) is 27.1. The number of methoxy groups -OCH3 is 1. The highest BCUT2D eigenvalue weighted by Gasteiger charge is 2.41. The maximum Gasteiger partial charge on any atom is 0.170 e. The number of aliphatic hydroxyl groups is 1. The highest BCUT2D eigenvalue weighted by Crippen LogP contribution is 2.51. The second-order valence-corrected chi connectivity index (χ2v) is 10.2. The number of benzene rings is 2. The molecule has 0 fully saturated rings. The predicted octanol–water partition coefficient (Wildman–Crippen LogP) is 3.92. The number of hydrogen-bond donors (Lipinski definition) is 5. The van der Waals surface area contributed by atoms with Gasteiger partial charge in [0, 0.05) is 41.5 Å². The fraction of sp³-hybridized carbons (Fsp3) is 0.481. The van der Waals surface area contributed by atoms with Crippen LogP contribution in [0.4, 0.5) is 0 Å². The van der Waals surface area contributed by atoms with Gasteiger partial charge >= 0.3 is 0 Å². The first-order chi connectivity index (χ1) is 16.6. The van der Waals surface area contributed by atoms with E-state index in [0.29, 0.717) is 0 Å². The topological polar surface area (TPSA) is 154 Å². The maximum atomic E-state index is 13.3. The molecule has 0 radical (unpaired) electrons. The van der Waals surface area contributed by atoms with Gasteiger partial charge in [-0.2, -0.15) is 0 Å². The van der Waals surface area contributed by atoms with Crippen molar-refractivity contribution in [3.8, 4) is 34.5 Å². The molecule has 2 aromatic rings. The van der Waals surface area contributed by atoms with E-state index in [1.807, 2.05) is 13.8 Å². The number of aromatic hydroxyl groups is 4. The van der Waals surface area contributed by atoms with Crippen LogP contribution in [0.25, 0.3) is 0 Å². The van der Waals surface area contributed by atoms with Gasteiger partial charge in [-0.1, -0.05) is 13.8 Å². The molecule has 0 bridgehead atoms. The van der Waals surface area contributed by atoms with Crippen LogP contribution in [0.2, 0.25) is 0 Å². The van der Waals surface area contributed by atoms with Crippen molar-refractivity contribution in [2.24, 2.45) is 5.92 Å². The number of fused-ring (bicyclic) bond motifs is 1. The van der Waals surface area contributed by atoms with Crippen molar-refractivity contribution in [2.45, 2.75) is 72.5 Å². The predicted molar refractivity (Wildman–Crippen MR) is 132 cm³/mol. The molecule has 1 aliphatic heterocycles. The Hall–Kier alpha value is -3.46. The summed E-state index contributed by atoms with van der Waals surface area (Å²) in [6.07, 6.45) is -1.30. The standard InChI is InChI=1S/C27H34O9/c1-11(2)8-17(29)20-23(33)14(22(32)16-10-18(30)27(5,6)36-26(16)20)9-15-24(34)19(13(4)28)21(31)12(3)25(15)35-7/h11,18,30-34H,8-10H2,1-7H3. The minimum atomic E-state index is -1.08. The van der Waals surface area contributed by atoms with Crippen LogP contribution in [0.1, 0.15) is 84.0 Å². The Bertz CT molecular complexity index is 1240. The van der Waals surface area contributed by atoms with Gasteiger partial charge in [-0.3, -0.25) is 9.59 Å². The van der Waals surface area contributed by atoms with Gasteiger partial charge in [0.05, 0.1) is 13.2 Å². The lowest BCUT2D eigenvalue weighted by molar-refractivity contribution is -0.0422. The number of ether oxygens (including phenoxy) is 2. The van der Waals surface area contributed by atoms with Gasteiger partial charge in [0.1, 0.15) is 51.2 Å². The largest absolute Gasteiger partial charge is 0.507 e. The van der Waals surface area contributed by atoms with E-state index in [9.17, 15) is 35.1 Å². The summed E-state index contributed by atoms with van der Waals surface area (Å²) in [6, 6.07) is 0. The second kappa shape index (κ2) is 9.54. The molecule has 0 aromatic heterocycles. The van der Waals surface area contributed by atoms with Crippen molar-refractivity contribution in [1.82, 2.24) is 0 Å². The number of rotatable bonds is 7. The smallest absolute Gasteiger partial charge is 0.170 e. The van der Waals surface area contributed by atoms with Gasteiger partial charge in [-0.05, 0) is 33.6 Å². The molecule has 5 N–H and O–H groups in total. The Morgan fingerprint density at radius 1 is 1.03 bits per heavy atom. The molecule has 1 atom stereocenters. The zero-order valence-electron chi connectivity index (χ0n) is 21.6.